The van der Waals surface area contributed by atoms with Gasteiger partial charge in [-0.25, -0.2) is 4.98 Å². The lowest BCUT2D eigenvalue weighted by Gasteiger charge is -2.31. The Kier molecular flexibility index (Phi) is 5.14. The Bertz CT molecular complexity index is 510. The highest BCUT2D eigenvalue weighted by molar-refractivity contribution is 5.96. The van der Waals surface area contributed by atoms with Gasteiger partial charge in [-0.15, -0.1) is 0 Å². The monoisotopic (exact) mass is 292 g/mol. The average Bonchev–Trinajstić information content (AvgIpc) is 2.54. The van der Waals surface area contributed by atoms with Crippen LogP contribution in [0.1, 0.15) is 30.1 Å². The smallest absolute Gasteiger partial charge is 0.309 e. The van der Waals surface area contributed by atoms with Crippen LogP contribution in [0.25, 0.3) is 0 Å². The number of methoxy groups -OCH3 is 1. The number of ether oxygens (including phenoxy) is 2. The fourth-order valence-corrected chi connectivity index (χ4v) is 2.46. The summed E-state index contributed by atoms with van der Waals surface area (Å²) in [6.07, 6.45) is 2.85. The molecule has 1 fully saturated rings. The van der Waals surface area contributed by atoms with Crippen molar-refractivity contribution in [1.82, 2.24) is 9.88 Å². The van der Waals surface area contributed by atoms with Crippen molar-refractivity contribution in [2.24, 2.45) is 5.92 Å². The lowest BCUT2D eigenvalue weighted by molar-refractivity contribution is -0.149. The van der Waals surface area contributed by atoms with E-state index in [4.69, 9.17) is 9.47 Å². The molecule has 1 aliphatic heterocycles. The van der Waals surface area contributed by atoms with Gasteiger partial charge in [0.05, 0.1) is 19.6 Å². The molecule has 0 unspecified atom stereocenters. The highest BCUT2D eigenvalue weighted by atomic mass is 16.5. The molecule has 0 atom stereocenters. The van der Waals surface area contributed by atoms with E-state index in [-0.39, 0.29) is 17.8 Å². The maximum Gasteiger partial charge on any atom is 0.309 e. The van der Waals surface area contributed by atoms with Crippen LogP contribution in [0, 0.1) is 5.92 Å². The van der Waals surface area contributed by atoms with Gasteiger partial charge < -0.3 is 14.4 Å². The van der Waals surface area contributed by atoms with Gasteiger partial charge in [-0.05, 0) is 31.9 Å². The molecule has 1 aromatic heterocycles. The largest absolute Gasteiger partial charge is 0.480 e. The van der Waals surface area contributed by atoms with Crippen molar-refractivity contribution in [3.8, 4) is 5.88 Å². The number of pyridine rings is 1. The van der Waals surface area contributed by atoms with E-state index in [1.807, 2.05) is 0 Å². The number of amides is 1. The van der Waals surface area contributed by atoms with Gasteiger partial charge in [-0.2, -0.15) is 0 Å². The average molecular weight is 292 g/mol. The molecule has 1 aliphatic rings. The van der Waals surface area contributed by atoms with Crippen LogP contribution in [-0.2, 0) is 9.53 Å². The van der Waals surface area contributed by atoms with Crippen LogP contribution in [-0.4, -0.2) is 48.6 Å². The molecule has 114 valence electrons. The Morgan fingerprint density at radius 1 is 1.38 bits per heavy atom. The van der Waals surface area contributed by atoms with Gasteiger partial charge in [0.1, 0.15) is 5.56 Å². The lowest BCUT2D eigenvalue weighted by atomic mass is 9.96. The lowest BCUT2D eigenvalue weighted by Crippen LogP contribution is -2.40. The van der Waals surface area contributed by atoms with Crippen LogP contribution in [0.2, 0.25) is 0 Å². The van der Waals surface area contributed by atoms with Crippen molar-refractivity contribution in [2.75, 3.05) is 26.8 Å². The van der Waals surface area contributed by atoms with Gasteiger partial charge in [0.15, 0.2) is 0 Å². The van der Waals surface area contributed by atoms with Gasteiger partial charge in [-0.1, -0.05) is 0 Å². The second kappa shape index (κ2) is 7.06. The Balaban J connectivity index is 1.99. The molecular formula is C15H20N2O4. The number of rotatable bonds is 4. The topological polar surface area (TPSA) is 68.7 Å². The van der Waals surface area contributed by atoms with Crippen molar-refractivity contribution in [2.45, 2.75) is 19.8 Å². The first kappa shape index (κ1) is 15.3. The minimum atomic E-state index is -0.163. The Labute approximate surface area is 124 Å². The zero-order valence-electron chi connectivity index (χ0n) is 12.4. The van der Waals surface area contributed by atoms with Crippen LogP contribution in [0.15, 0.2) is 18.3 Å². The van der Waals surface area contributed by atoms with Crippen LogP contribution >= 0.6 is 0 Å². The van der Waals surface area contributed by atoms with E-state index in [1.54, 1.807) is 30.2 Å². The van der Waals surface area contributed by atoms with Crippen LogP contribution in [0.3, 0.4) is 0 Å². The van der Waals surface area contributed by atoms with E-state index >= 15 is 0 Å². The SMILES string of the molecule is CCOC(=O)C1CCN(C(=O)c2cccnc2OC)CC1. The molecule has 0 saturated carbocycles. The third kappa shape index (κ3) is 3.51. The van der Waals surface area contributed by atoms with Crippen molar-refractivity contribution in [3.05, 3.63) is 23.9 Å². The highest BCUT2D eigenvalue weighted by Crippen LogP contribution is 2.22. The fraction of sp³-hybridized carbons (Fsp3) is 0.533. The van der Waals surface area contributed by atoms with Crippen LogP contribution < -0.4 is 4.74 Å². The summed E-state index contributed by atoms with van der Waals surface area (Å²) in [6.45, 7) is 3.27. The standard InChI is InChI=1S/C15H20N2O4/c1-3-21-15(19)11-6-9-17(10-7-11)14(18)12-5-4-8-16-13(12)20-2/h4-5,8,11H,3,6-7,9-10H2,1-2H3. The van der Waals surface area contributed by atoms with Crippen molar-refractivity contribution in [1.29, 1.82) is 0 Å². The van der Waals surface area contributed by atoms with Crippen molar-refractivity contribution >= 4 is 11.9 Å². The molecule has 2 heterocycles. The molecule has 2 rings (SSSR count). The molecule has 0 aliphatic carbocycles. The molecule has 6 heteroatoms. The number of piperidine rings is 1. The summed E-state index contributed by atoms with van der Waals surface area (Å²) >= 11 is 0. The molecular weight excluding hydrogens is 272 g/mol. The predicted octanol–water partition coefficient (Wildman–Crippen LogP) is 1.51. The molecule has 6 nitrogen and oxygen atoms in total. The van der Waals surface area contributed by atoms with Crippen LogP contribution in [0.5, 0.6) is 5.88 Å². The van der Waals surface area contributed by atoms with Gasteiger partial charge in [0.2, 0.25) is 5.88 Å². The first-order valence-electron chi connectivity index (χ1n) is 7.12. The minimum Gasteiger partial charge on any atom is -0.480 e. The van der Waals surface area contributed by atoms with E-state index < -0.39 is 0 Å². The summed E-state index contributed by atoms with van der Waals surface area (Å²) in [5, 5.41) is 0. The van der Waals surface area contributed by atoms with Gasteiger partial charge >= 0.3 is 5.97 Å². The van der Waals surface area contributed by atoms with Crippen molar-refractivity contribution < 1.29 is 19.1 Å². The molecule has 1 aromatic rings. The summed E-state index contributed by atoms with van der Waals surface area (Å²) in [7, 11) is 1.49. The summed E-state index contributed by atoms with van der Waals surface area (Å²) in [5.74, 6) is -0.0503. The normalized spacial score (nSPS) is 15.6. The fourth-order valence-electron chi connectivity index (χ4n) is 2.46. The molecule has 1 amide bonds. The first-order chi connectivity index (χ1) is 10.2. The molecule has 0 bridgehead atoms. The van der Waals surface area contributed by atoms with E-state index in [0.717, 1.165) is 0 Å². The number of esters is 1. The summed E-state index contributed by atoms with van der Waals surface area (Å²) in [6, 6.07) is 3.41. The third-order valence-electron chi connectivity index (χ3n) is 3.60. The molecule has 0 spiro atoms. The number of hydrogen-bond acceptors (Lipinski definition) is 5. The van der Waals surface area contributed by atoms with Gasteiger partial charge in [-0.3, -0.25) is 9.59 Å². The van der Waals surface area contributed by atoms with Gasteiger partial charge in [0, 0.05) is 19.3 Å². The summed E-state index contributed by atoms with van der Waals surface area (Å²) in [5.41, 5.74) is 0.453. The maximum absolute atomic E-state index is 12.5. The van der Waals surface area contributed by atoms with E-state index in [2.05, 4.69) is 4.98 Å². The summed E-state index contributed by atoms with van der Waals surface area (Å²) in [4.78, 5) is 29.9. The number of likely N-dealkylation sites (tertiary alicyclic amines) is 1. The zero-order chi connectivity index (χ0) is 15.2. The van der Waals surface area contributed by atoms with E-state index in [1.165, 1.54) is 7.11 Å². The number of hydrogen-bond donors (Lipinski definition) is 0. The molecule has 0 N–H and O–H groups in total. The van der Waals surface area contributed by atoms with Gasteiger partial charge in [0.25, 0.3) is 5.91 Å². The first-order valence-corrected chi connectivity index (χ1v) is 7.12. The quantitative estimate of drug-likeness (QED) is 0.787. The predicted molar refractivity (Wildman–Crippen MR) is 76.0 cm³/mol. The number of carbonyl (C=O) groups is 2. The van der Waals surface area contributed by atoms with E-state index in [0.29, 0.717) is 44.0 Å². The maximum atomic E-state index is 12.5. The molecule has 1 saturated heterocycles. The minimum absolute atomic E-state index is 0.107. The Morgan fingerprint density at radius 2 is 2.10 bits per heavy atom. The Morgan fingerprint density at radius 3 is 2.71 bits per heavy atom. The number of carbonyl (C=O) groups excluding carboxylic acids is 2. The number of aromatic nitrogens is 1. The Hall–Kier alpha value is -2.11. The molecule has 0 aromatic carbocycles. The van der Waals surface area contributed by atoms with E-state index in [9.17, 15) is 9.59 Å². The second-order valence-corrected chi connectivity index (χ2v) is 4.88. The summed E-state index contributed by atoms with van der Waals surface area (Å²) < 4.78 is 10.1. The molecule has 21 heavy (non-hydrogen) atoms. The van der Waals surface area contributed by atoms with Crippen molar-refractivity contribution in [3.63, 3.8) is 0 Å². The third-order valence-corrected chi connectivity index (χ3v) is 3.60. The zero-order valence-corrected chi connectivity index (χ0v) is 12.4. The second-order valence-electron chi connectivity index (χ2n) is 4.88. The molecule has 0 radical (unpaired) electrons. The highest BCUT2D eigenvalue weighted by Gasteiger charge is 2.29. The number of nitrogens with zero attached hydrogens (tertiary/aromatic N) is 2. The van der Waals surface area contributed by atoms with Crippen LogP contribution in [0.4, 0.5) is 0 Å².